The molecule has 0 saturated carbocycles. The van der Waals surface area contributed by atoms with E-state index in [4.69, 9.17) is 4.42 Å². The lowest BCUT2D eigenvalue weighted by Gasteiger charge is -2.19. The van der Waals surface area contributed by atoms with Crippen molar-refractivity contribution in [3.63, 3.8) is 0 Å². The summed E-state index contributed by atoms with van der Waals surface area (Å²) >= 11 is 0. The Morgan fingerprint density at radius 2 is 2.17 bits per heavy atom. The van der Waals surface area contributed by atoms with Gasteiger partial charge in [0.15, 0.2) is 0 Å². The van der Waals surface area contributed by atoms with E-state index in [9.17, 15) is 0 Å². The molecular formula is C16H19NO. The lowest BCUT2D eigenvalue weighted by atomic mass is 10.0. The van der Waals surface area contributed by atoms with E-state index in [1.165, 1.54) is 23.8 Å². The van der Waals surface area contributed by atoms with E-state index in [0.29, 0.717) is 6.04 Å². The highest BCUT2D eigenvalue weighted by molar-refractivity contribution is 5.82. The average molecular weight is 241 g/mol. The van der Waals surface area contributed by atoms with Crippen LogP contribution in [0.3, 0.4) is 0 Å². The van der Waals surface area contributed by atoms with E-state index in [1.807, 2.05) is 12.1 Å². The van der Waals surface area contributed by atoms with Crippen LogP contribution >= 0.6 is 0 Å². The molecule has 1 N–H and O–H groups in total. The average Bonchev–Trinajstić information content (AvgIpc) is 2.73. The number of fused-ring (bicyclic) bond motifs is 1. The van der Waals surface area contributed by atoms with Gasteiger partial charge in [0.2, 0.25) is 0 Å². The van der Waals surface area contributed by atoms with Crippen LogP contribution in [0.5, 0.6) is 0 Å². The number of aryl methyl sites for hydroxylation is 1. The van der Waals surface area contributed by atoms with Crippen molar-refractivity contribution in [1.82, 2.24) is 5.32 Å². The summed E-state index contributed by atoms with van der Waals surface area (Å²) in [5, 5.41) is 4.89. The molecule has 1 aromatic carbocycles. The van der Waals surface area contributed by atoms with E-state index < -0.39 is 0 Å². The number of hydrogen-bond acceptors (Lipinski definition) is 2. The van der Waals surface area contributed by atoms with Crippen molar-refractivity contribution in [2.24, 2.45) is 0 Å². The van der Waals surface area contributed by atoms with Crippen molar-refractivity contribution in [2.45, 2.75) is 38.8 Å². The van der Waals surface area contributed by atoms with Crippen LogP contribution in [0.1, 0.15) is 30.6 Å². The Morgan fingerprint density at radius 1 is 1.28 bits per heavy atom. The number of hydrogen-bond donors (Lipinski definition) is 1. The van der Waals surface area contributed by atoms with E-state index in [0.717, 1.165) is 24.3 Å². The molecule has 1 aliphatic rings. The normalized spacial score (nSPS) is 19.5. The minimum absolute atomic E-state index is 0.614. The zero-order valence-corrected chi connectivity index (χ0v) is 10.8. The van der Waals surface area contributed by atoms with Gasteiger partial charge in [-0.1, -0.05) is 30.4 Å². The maximum atomic E-state index is 5.78. The third kappa shape index (κ3) is 2.21. The van der Waals surface area contributed by atoms with Crippen molar-refractivity contribution < 1.29 is 4.42 Å². The van der Waals surface area contributed by atoms with E-state index in [2.05, 4.69) is 36.5 Å². The Balaban J connectivity index is 1.77. The monoisotopic (exact) mass is 241 g/mol. The van der Waals surface area contributed by atoms with Crippen LogP contribution in [0.2, 0.25) is 0 Å². The molecule has 0 radical (unpaired) electrons. The molecule has 0 amide bonds. The van der Waals surface area contributed by atoms with Crippen molar-refractivity contribution in [2.75, 3.05) is 0 Å². The molecule has 0 aliphatic heterocycles. The van der Waals surface area contributed by atoms with Crippen LogP contribution in [0.4, 0.5) is 0 Å². The lowest BCUT2D eigenvalue weighted by Crippen LogP contribution is -2.29. The van der Waals surface area contributed by atoms with Gasteiger partial charge in [0, 0.05) is 23.5 Å². The molecule has 1 heterocycles. The van der Waals surface area contributed by atoms with Crippen LogP contribution in [0.25, 0.3) is 11.0 Å². The van der Waals surface area contributed by atoms with Gasteiger partial charge < -0.3 is 9.73 Å². The maximum Gasteiger partial charge on any atom is 0.134 e. The standard InChI is InChI=1S/C16H19NO/c1-12-15(11-17-13-7-3-2-4-8-13)14-9-5-6-10-16(14)18-12/h2-3,5-6,9-10,13,17H,4,7-8,11H2,1H3. The molecule has 18 heavy (non-hydrogen) atoms. The second-order valence-electron chi connectivity index (χ2n) is 5.00. The maximum absolute atomic E-state index is 5.78. The Morgan fingerprint density at radius 3 is 3.00 bits per heavy atom. The van der Waals surface area contributed by atoms with Crippen LogP contribution in [-0.2, 0) is 6.54 Å². The summed E-state index contributed by atoms with van der Waals surface area (Å²) in [7, 11) is 0. The molecule has 1 atom stereocenters. The van der Waals surface area contributed by atoms with Gasteiger partial charge in [-0.15, -0.1) is 0 Å². The van der Waals surface area contributed by atoms with Gasteiger partial charge in [-0.3, -0.25) is 0 Å². The van der Waals surface area contributed by atoms with Gasteiger partial charge in [-0.2, -0.15) is 0 Å². The molecule has 0 fully saturated rings. The smallest absolute Gasteiger partial charge is 0.134 e. The number of nitrogens with one attached hydrogen (secondary N) is 1. The first kappa shape index (κ1) is 11.5. The minimum atomic E-state index is 0.614. The van der Waals surface area contributed by atoms with Gasteiger partial charge >= 0.3 is 0 Å². The summed E-state index contributed by atoms with van der Waals surface area (Å²) in [6, 6.07) is 8.89. The highest BCUT2D eigenvalue weighted by Crippen LogP contribution is 2.25. The molecule has 2 nitrogen and oxygen atoms in total. The van der Waals surface area contributed by atoms with Gasteiger partial charge in [-0.05, 0) is 32.3 Å². The fraction of sp³-hybridized carbons (Fsp3) is 0.375. The first-order valence-electron chi connectivity index (χ1n) is 6.70. The van der Waals surface area contributed by atoms with Crippen molar-refractivity contribution in [3.8, 4) is 0 Å². The fourth-order valence-corrected chi connectivity index (χ4v) is 2.67. The molecule has 3 rings (SSSR count). The summed E-state index contributed by atoms with van der Waals surface area (Å²) in [6.45, 7) is 2.96. The van der Waals surface area contributed by atoms with Gasteiger partial charge in [0.25, 0.3) is 0 Å². The minimum Gasteiger partial charge on any atom is -0.461 e. The van der Waals surface area contributed by atoms with Crippen LogP contribution in [0.15, 0.2) is 40.8 Å². The predicted octanol–water partition coefficient (Wildman–Crippen LogP) is 3.94. The first-order chi connectivity index (χ1) is 8.84. The van der Waals surface area contributed by atoms with Crippen LogP contribution < -0.4 is 5.32 Å². The summed E-state index contributed by atoms with van der Waals surface area (Å²) in [5.74, 6) is 1.04. The molecule has 1 unspecified atom stereocenters. The van der Waals surface area contributed by atoms with Gasteiger partial charge in [0.1, 0.15) is 11.3 Å². The third-order valence-electron chi connectivity index (χ3n) is 3.74. The largest absolute Gasteiger partial charge is 0.461 e. The third-order valence-corrected chi connectivity index (χ3v) is 3.74. The number of para-hydroxylation sites is 1. The molecule has 0 bridgehead atoms. The summed E-state index contributed by atoms with van der Waals surface area (Å²) in [6.07, 6.45) is 8.14. The van der Waals surface area contributed by atoms with E-state index in [1.54, 1.807) is 0 Å². The predicted molar refractivity (Wildman–Crippen MR) is 74.6 cm³/mol. The summed E-state index contributed by atoms with van der Waals surface area (Å²) in [4.78, 5) is 0. The van der Waals surface area contributed by atoms with Crippen LogP contribution in [-0.4, -0.2) is 6.04 Å². The molecule has 94 valence electrons. The Labute approximate surface area is 108 Å². The van der Waals surface area contributed by atoms with Crippen molar-refractivity contribution in [3.05, 3.63) is 47.7 Å². The van der Waals surface area contributed by atoms with E-state index >= 15 is 0 Å². The van der Waals surface area contributed by atoms with Crippen molar-refractivity contribution in [1.29, 1.82) is 0 Å². The fourth-order valence-electron chi connectivity index (χ4n) is 2.67. The molecule has 1 aliphatic carbocycles. The molecular weight excluding hydrogens is 222 g/mol. The zero-order valence-electron chi connectivity index (χ0n) is 10.8. The molecule has 2 aromatic rings. The Bertz CT molecular complexity index is 567. The molecule has 2 heteroatoms. The Hall–Kier alpha value is -1.54. The number of allylic oxidation sites excluding steroid dienone is 1. The van der Waals surface area contributed by atoms with Gasteiger partial charge in [0.05, 0.1) is 0 Å². The summed E-state index contributed by atoms with van der Waals surface area (Å²) in [5.41, 5.74) is 2.30. The molecule has 0 saturated heterocycles. The lowest BCUT2D eigenvalue weighted by molar-refractivity contribution is 0.470. The van der Waals surface area contributed by atoms with Gasteiger partial charge in [-0.25, -0.2) is 0 Å². The quantitative estimate of drug-likeness (QED) is 0.823. The summed E-state index contributed by atoms with van der Waals surface area (Å²) < 4.78 is 5.78. The van der Waals surface area contributed by atoms with Crippen LogP contribution in [0, 0.1) is 6.92 Å². The highest BCUT2D eigenvalue weighted by atomic mass is 16.3. The van der Waals surface area contributed by atoms with E-state index in [-0.39, 0.29) is 0 Å². The molecule has 0 spiro atoms. The highest BCUT2D eigenvalue weighted by Gasteiger charge is 2.13. The van der Waals surface area contributed by atoms with Crippen molar-refractivity contribution >= 4 is 11.0 Å². The second-order valence-corrected chi connectivity index (χ2v) is 5.00. The topological polar surface area (TPSA) is 25.2 Å². The SMILES string of the molecule is Cc1oc2ccccc2c1CNC1CC=CCC1. The zero-order chi connectivity index (χ0) is 12.4. The number of rotatable bonds is 3. The Kier molecular flexibility index (Phi) is 3.20. The number of benzene rings is 1. The molecule has 1 aromatic heterocycles. The number of furan rings is 1. The first-order valence-corrected chi connectivity index (χ1v) is 6.70. The second kappa shape index (κ2) is 4.99.